The van der Waals surface area contributed by atoms with E-state index in [9.17, 15) is 13.9 Å². The van der Waals surface area contributed by atoms with Gasteiger partial charge in [0, 0.05) is 39.6 Å². The predicted octanol–water partition coefficient (Wildman–Crippen LogP) is 0.723. The molecule has 88 valence electrons. The van der Waals surface area contributed by atoms with Gasteiger partial charge < -0.3 is 9.84 Å². The van der Waals surface area contributed by atoms with Crippen LogP contribution in [0.1, 0.15) is 12.8 Å². The molecule has 2 fully saturated rings. The molecule has 0 spiro atoms. The van der Waals surface area contributed by atoms with Crippen molar-refractivity contribution < 1.29 is 18.6 Å². The number of ether oxygens (including phenoxy) is 1. The molecule has 0 aromatic heterocycles. The van der Waals surface area contributed by atoms with Crippen molar-refractivity contribution in [2.45, 2.75) is 31.0 Å². The lowest BCUT2D eigenvalue weighted by atomic mass is 9.81. The van der Waals surface area contributed by atoms with Crippen molar-refractivity contribution >= 4 is 0 Å². The van der Waals surface area contributed by atoms with Crippen LogP contribution in [0.3, 0.4) is 0 Å². The number of nitrogens with zero attached hydrogens (tertiary/aromatic N) is 1. The Labute approximate surface area is 88.0 Å². The van der Waals surface area contributed by atoms with E-state index in [-0.39, 0.29) is 24.9 Å². The first-order chi connectivity index (χ1) is 7.00. The first-order valence-corrected chi connectivity index (χ1v) is 5.31. The van der Waals surface area contributed by atoms with Crippen LogP contribution in [0.2, 0.25) is 0 Å². The molecular weight excluding hydrogens is 204 g/mol. The van der Waals surface area contributed by atoms with Crippen molar-refractivity contribution in [2.24, 2.45) is 5.92 Å². The molecule has 0 aromatic carbocycles. The van der Waals surface area contributed by atoms with Gasteiger partial charge in [-0.15, -0.1) is 0 Å². The molecule has 1 heterocycles. The highest BCUT2D eigenvalue weighted by atomic mass is 19.3. The highest BCUT2D eigenvalue weighted by Crippen LogP contribution is 2.42. The molecule has 2 rings (SSSR count). The van der Waals surface area contributed by atoms with Gasteiger partial charge in [-0.1, -0.05) is 0 Å². The topological polar surface area (TPSA) is 32.7 Å². The van der Waals surface area contributed by atoms with Gasteiger partial charge in [0.05, 0.1) is 12.2 Å². The maximum absolute atomic E-state index is 12.6. The van der Waals surface area contributed by atoms with Crippen molar-refractivity contribution in [3.8, 4) is 0 Å². The first kappa shape index (κ1) is 11.2. The summed E-state index contributed by atoms with van der Waals surface area (Å²) in [6.07, 6.45) is -0.643. The van der Waals surface area contributed by atoms with Crippen LogP contribution in [-0.2, 0) is 4.74 Å². The molecule has 2 atom stereocenters. The summed E-state index contributed by atoms with van der Waals surface area (Å²) in [6.45, 7) is 1.85. The van der Waals surface area contributed by atoms with Gasteiger partial charge in [-0.25, -0.2) is 8.78 Å². The van der Waals surface area contributed by atoms with Crippen molar-refractivity contribution in [3.63, 3.8) is 0 Å². The van der Waals surface area contributed by atoms with Gasteiger partial charge in [-0.3, -0.25) is 4.90 Å². The van der Waals surface area contributed by atoms with Crippen LogP contribution in [0.4, 0.5) is 8.78 Å². The Bertz CT molecular complexity index is 229. The lowest BCUT2D eigenvalue weighted by Gasteiger charge is -2.37. The summed E-state index contributed by atoms with van der Waals surface area (Å²) in [5, 5.41) is 9.55. The Balaban J connectivity index is 1.74. The van der Waals surface area contributed by atoms with Crippen LogP contribution >= 0.6 is 0 Å². The van der Waals surface area contributed by atoms with E-state index in [1.165, 1.54) is 0 Å². The Morgan fingerprint density at radius 3 is 2.53 bits per heavy atom. The zero-order chi connectivity index (χ0) is 11.1. The number of hydrogen-bond acceptors (Lipinski definition) is 3. The van der Waals surface area contributed by atoms with Crippen LogP contribution in [-0.4, -0.2) is 54.9 Å². The second-order valence-corrected chi connectivity index (χ2v) is 4.69. The third kappa shape index (κ3) is 2.46. The molecule has 1 aliphatic carbocycles. The van der Waals surface area contributed by atoms with Crippen LogP contribution < -0.4 is 0 Å². The fourth-order valence-electron chi connectivity index (χ4n) is 2.49. The third-order valence-corrected chi connectivity index (χ3v) is 3.31. The second kappa shape index (κ2) is 3.96. The van der Waals surface area contributed by atoms with E-state index in [1.54, 1.807) is 7.11 Å². The zero-order valence-corrected chi connectivity index (χ0v) is 8.83. The average molecular weight is 221 g/mol. The summed E-state index contributed by atoms with van der Waals surface area (Å²) in [4.78, 5) is 2.01. The molecule has 15 heavy (non-hydrogen) atoms. The minimum Gasteiger partial charge on any atom is -0.389 e. The standard InChI is InChI=1S/C10H17F2NO2/c1-15-9-6-13(5-8(9)14)4-7-2-10(11,12)3-7/h7-9,14H,2-6H2,1H3/t8-,9-/m1/s1. The fourth-order valence-corrected chi connectivity index (χ4v) is 2.49. The molecule has 0 amide bonds. The summed E-state index contributed by atoms with van der Waals surface area (Å²) < 4.78 is 30.3. The second-order valence-electron chi connectivity index (χ2n) is 4.69. The van der Waals surface area contributed by atoms with Crippen LogP contribution in [0.25, 0.3) is 0 Å². The Hall–Kier alpha value is -0.260. The van der Waals surface area contributed by atoms with Crippen LogP contribution in [0, 0.1) is 5.92 Å². The number of likely N-dealkylation sites (tertiary alicyclic amines) is 1. The first-order valence-electron chi connectivity index (χ1n) is 5.31. The monoisotopic (exact) mass is 221 g/mol. The third-order valence-electron chi connectivity index (χ3n) is 3.31. The maximum Gasteiger partial charge on any atom is 0.248 e. The molecule has 1 N–H and O–H groups in total. The highest BCUT2D eigenvalue weighted by Gasteiger charge is 2.46. The normalized spacial score (nSPS) is 36.8. The van der Waals surface area contributed by atoms with Gasteiger partial charge >= 0.3 is 0 Å². The van der Waals surface area contributed by atoms with E-state index in [4.69, 9.17) is 4.74 Å². The van der Waals surface area contributed by atoms with Gasteiger partial charge in [0.1, 0.15) is 0 Å². The molecule has 0 unspecified atom stereocenters. The SMILES string of the molecule is CO[C@@H]1CN(CC2CC(F)(F)C2)C[C@H]1O. The molecule has 2 aliphatic rings. The number of aliphatic hydroxyl groups excluding tert-OH is 1. The van der Waals surface area contributed by atoms with Crippen LogP contribution in [0.5, 0.6) is 0 Å². The van der Waals surface area contributed by atoms with Crippen molar-refractivity contribution in [1.29, 1.82) is 0 Å². The predicted molar refractivity (Wildman–Crippen MR) is 50.9 cm³/mol. The van der Waals surface area contributed by atoms with E-state index in [1.807, 2.05) is 4.90 Å². The molecule has 0 radical (unpaired) electrons. The van der Waals surface area contributed by atoms with E-state index >= 15 is 0 Å². The van der Waals surface area contributed by atoms with Crippen LogP contribution in [0.15, 0.2) is 0 Å². The summed E-state index contributed by atoms with van der Waals surface area (Å²) in [5.74, 6) is -2.35. The van der Waals surface area contributed by atoms with Crippen molar-refractivity contribution in [3.05, 3.63) is 0 Å². The molecule has 0 bridgehead atoms. The summed E-state index contributed by atoms with van der Waals surface area (Å²) in [6, 6.07) is 0. The van der Waals surface area contributed by atoms with Gasteiger partial charge in [0.15, 0.2) is 0 Å². The van der Waals surface area contributed by atoms with Gasteiger partial charge in [0.2, 0.25) is 5.92 Å². The average Bonchev–Trinajstić information content (AvgIpc) is 2.43. The Morgan fingerprint density at radius 1 is 1.40 bits per heavy atom. The summed E-state index contributed by atoms with van der Waals surface area (Å²) in [7, 11) is 1.56. The maximum atomic E-state index is 12.6. The lowest BCUT2D eigenvalue weighted by Crippen LogP contribution is -2.42. The Kier molecular flexibility index (Phi) is 2.96. The van der Waals surface area contributed by atoms with E-state index in [0.29, 0.717) is 19.6 Å². The quantitative estimate of drug-likeness (QED) is 0.762. The van der Waals surface area contributed by atoms with E-state index < -0.39 is 12.0 Å². The van der Waals surface area contributed by atoms with Crippen molar-refractivity contribution in [2.75, 3.05) is 26.7 Å². The summed E-state index contributed by atoms with van der Waals surface area (Å²) in [5.41, 5.74) is 0. The number of halogens is 2. The fraction of sp³-hybridized carbons (Fsp3) is 1.00. The lowest BCUT2D eigenvalue weighted by molar-refractivity contribution is -0.115. The number of aliphatic hydroxyl groups is 1. The number of hydrogen-bond donors (Lipinski definition) is 1. The largest absolute Gasteiger partial charge is 0.389 e. The number of rotatable bonds is 3. The molecule has 1 saturated heterocycles. The smallest absolute Gasteiger partial charge is 0.248 e. The van der Waals surface area contributed by atoms with Gasteiger partial charge in [0.25, 0.3) is 0 Å². The minimum absolute atomic E-state index is 0.00273. The number of methoxy groups -OCH3 is 1. The molecule has 0 aromatic rings. The molecule has 1 aliphatic heterocycles. The van der Waals surface area contributed by atoms with Gasteiger partial charge in [-0.05, 0) is 5.92 Å². The highest BCUT2D eigenvalue weighted by molar-refractivity contribution is 4.91. The molecule has 5 heteroatoms. The number of alkyl halides is 2. The van der Waals surface area contributed by atoms with E-state index in [2.05, 4.69) is 0 Å². The Morgan fingerprint density at radius 2 is 2.07 bits per heavy atom. The minimum atomic E-state index is -2.44. The van der Waals surface area contributed by atoms with Crippen molar-refractivity contribution in [1.82, 2.24) is 4.90 Å². The van der Waals surface area contributed by atoms with E-state index in [0.717, 1.165) is 0 Å². The molecular formula is C10H17F2NO2. The van der Waals surface area contributed by atoms with Gasteiger partial charge in [-0.2, -0.15) is 0 Å². The zero-order valence-electron chi connectivity index (χ0n) is 8.83. The molecule has 3 nitrogen and oxygen atoms in total. The molecule has 1 saturated carbocycles. The number of β-amino-alcohol motifs (C(OH)–C–C–N with tert-alkyl or cyclic N) is 1. The summed E-state index contributed by atoms with van der Waals surface area (Å²) >= 11 is 0.